The van der Waals surface area contributed by atoms with Crippen molar-refractivity contribution in [3.8, 4) is 34.7 Å². The van der Waals surface area contributed by atoms with Crippen LogP contribution in [0.15, 0.2) is 71.3 Å². The van der Waals surface area contributed by atoms with Crippen LogP contribution in [0.5, 0.6) is 5.75 Å². The number of fused-ring (bicyclic) bond motifs is 3. The van der Waals surface area contributed by atoms with Gasteiger partial charge >= 0.3 is 6.09 Å². The fraction of sp³-hybridized carbons (Fsp3) is 0.290. The minimum atomic E-state index is -0.325. The van der Waals surface area contributed by atoms with Crippen molar-refractivity contribution in [1.29, 1.82) is 5.26 Å². The van der Waals surface area contributed by atoms with E-state index in [9.17, 15) is 10.1 Å². The Morgan fingerprint density at radius 2 is 1.98 bits per heavy atom. The standard InChI is InChI=1S/C31H28N4O5/c1-19(2)38-26-12-11-21(15-22(26)17-32)30-33-29(34-40-30)24-10-6-9-23-25(24)16-27-28(23)35(31(36)39-27)13-14-37-18-20-7-4-3-5-8-20/h3-12,15,19,27-28H,13-14,16,18H2,1-2H3. The number of carbonyl (C=O) groups is 1. The summed E-state index contributed by atoms with van der Waals surface area (Å²) in [5.74, 6) is 1.26. The minimum absolute atomic E-state index is 0.0513. The molecule has 40 heavy (non-hydrogen) atoms. The number of rotatable bonds is 9. The molecule has 1 fully saturated rings. The molecule has 1 saturated heterocycles. The molecule has 0 N–H and O–H groups in total. The summed E-state index contributed by atoms with van der Waals surface area (Å²) < 4.78 is 22.9. The number of benzene rings is 3. The van der Waals surface area contributed by atoms with Gasteiger partial charge in [0, 0.05) is 24.1 Å². The highest BCUT2D eigenvalue weighted by Crippen LogP contribution is 2.45. The van der Waals surface area contributed by atoms with E-state index in [0.29, 0.717) is 54.8 Å². The topological polar surface area (TPSA) is 111 Å². The Kier molecular flexibility index (Phi) is 6.93. The summed E-state index contributed by atoms with van der Waals surface area (Å²) in [6.45, 7) is 5.14. The van der Waals surface area contributed by atoms with Gasteiger partial charge < -0.3 is 18.7 Å². The van der Waals surface area contributed by atoms with Crippen LogP contribution in [0.2, 0.25) is 0 Å². The zero-order valence-electron chi connectivity index (χ0n) is 22.2. The van der Waals surface area contributed by atoms with Crippen LogP contribution in [0.1, 0.15) is 42.1 Å². The van der Waals surface area contributed by atoms with Gasteiger partial charge in [-0.2, -0.15) is 10.2 Å². The second kappa shape index (κ2) is 10.8. The Balaban J connectivity index is 1.20. The van der Waals surface area contributed by atoms with Gasteiger partial charge in [0.05, 0.1) is 30.9 Å². The Morgan fingerprint density at radius 3 is 2.77 bits per heavy atom. The van der Waals surface area contributed by atoms with Crippen LogP contribution in [0.25, 0.3) is 22.8 Å². The number of carbonyl (C=O) groups excluding carboxylic acids is 1. The van der Waals surface area contributed by atoms with E-state index in [-0.39, 0.29) is 24.3 Å². The number of nitrogens with zero attached hydrogens (tertiary/aromatic N) is 4. The van der Waals surface area contributed by atoms with Gasteiger partial charge in [-0.3, -0.25) is 4.90 Å². The van der Waals surface area contributed by atoms with E-state index in [4.69, 9.17) is 18.7 Å². The zero-order chi connectivity index (χ0) is 27.6. The first-order valence-electron chi connectivity index (χ1n) is 13.3. The highest BCUT2D eigenvalue weighted by Gasteiger charge is 2.48. The first-order chi connectivity index (χ1) is 19.5. The van der Waals surface area contributed by atoms with Crippen molar-refractivity contribution >= 4 is 6.09 Å². The smallest absolute Gasteiger partial charge is 0.410 e. The molecule has 202 valence electrons. The van der Waals surface area contributed by atoms with Crippen molar-refractivity contribution in [2.45, 2.75) is 45.1 Å². The molecule has 0 spiro atoms. The van der Waals surface area contributed by atoms with Crippen LogP contribution in [0.3, 0.4) is 0 Å². The van der Waals surface area contributed by atoms with Gasteiger partial charge in [0.25, 0.3) is 5.89 Å². The average Bonchev–Trinajstić information content (AvgIpc) is 3.66. The molecule has 2 aliphatic rings. The Morgan fingerprint density at radius 1 is 1.12 bits per heavy atom. The van der Waals surface area contributed by atoms with E-state index in [1.165, 1.54) is 0 Å². The summed E-state index contributed by atoms with van der Waals surface area (Å²) in [4.78, 5) is 19.1. The number of ether oxygens (including phenoxy) is 3. The predicted octanol–water partition coefficient (Wildman–Crippen LogP) is 5.70. The molecule has 0 bridgehead atoms. The molecule has 2 atom stereocenters. The van der Waals surface area contributed by atoms with Crippen LogP contribution in [-0.4, -0.2) is 46.5 Å². The maximum Gasteiger partial charge on any atom is 0.410 e. The number of nitriles is 1. The molecule has 0 saturated carbocycles. The molecule has 2 unspecified atom stereocenters. The van der Waals surface area contributed by atoms with Crippen LogP contribution in [0, 0.1) is 11.3 Å². The molecule has 3 aromatic carbocycles. The van der Waals surface area contributed by atoms with Gasteiger partial charge in [-0.25, -0.2) is 4.79 Å². The number of hydrogen-bond donors (Lipinski definition) is 0. The normalized spacial score (nSPS) is 17.4. The van der Waals surface area contributed by atoms with E-state index in [1.54, 1.807) is 23.1 Å². The molecular formula is C31H28N4O5. The van der Waals surface area contributed by atoms with Crippen molar-refractivity contribution in [3.63, 3.8) is 0 Å². The molecule has 1 amide bonds. The quantitative estimate of drug-likeness (QED) is 0.251. The predicted molar refractivity (Wildman–Crippen MR) is 145 cm³/mol. The van der Waals surface area contributed by atoms with Crippen LogP contribution in [-0.2, 0) is 22.5 Å². The highest BCUT2D eigenvalue weighted by atomic mass is 16.6. The van der Waals surface area contributed by atoms with Gasteiger partial charge in [0.2, 0.25) is 5.82 Å². The van der Waals surface area contributed by atoms with Crippen LogP contribution >= 0.6 is 0 Å². The van der Waals surface area contributed by atoms with Crippen molar-refractivity contribution in [2.24, 2.45) is 0 Å². The van der Waals surface area contributed by atoms with E-state index in [0.717, 1.165) is 22.3 Å². The summed E-state index contributed by atoms with van der Waals surface area (Å²) in [5.41, 5.74) is 5.00. The molecule has 6 rings (SSSR count). The largest absolute Gasteiger partial charge is 0.490 e. The number of aromatic nitrogens is 2. The van der Waals surface area contributed by atoms with E-state index >= 15 is 0 Å². The van der Waals surface area contributed by atoms with Gasteiger partial charge in [0.15, 0.2) is 0 Å². The lowest BCUT2D eigenvalue weighted by molar-refractivity contribution is 0.0933. The lowest BCUT2D eigenvalue weighted by Crippen LogP contribution is -2.31. The molecule has 1 aliphatic heterocycles. The third kappa shape index (κ3) is 4.90. The first-order valence-corrected chi connectivity index (χ1v) is 13.3. The van der Waals surface area contributed by atoms with E-state index < -0.39 is 0 Å². The zero-order valence-corrected chi connectivity index (χ0v) is 22.2. The summed E-state index contributed by atoms with van der Waals surface area (Å²) in [7, 11) is 0. The Hall–Kier alpha value is -4.68. The fourth-order valence-electron chi connectivity index (χ4n) is 5.33. The Labute approximate surface area is 231 Å². The first kappa shape index (κ1) is 25.6. The molecular weight excluding hydrogens is 508 g/mol. The molecule has 2 heterocycles. The van der Waals surface area contributed by atoms with Gasteiger partial charge in [-0.05, 0) is 48.7 Å². The van der Waals surface area contributed by atoms with Gasteiger partial charge in [-0.15, -0.1) is 0 Å². The van der Waals surface area contributed by atoms with E-state index in [1.807, 2.05) is 62.4 Å². The molecule has 9 nitrogen and oxygen atoms in total. The summed E-state index contributed by atoms with van der Waals surface area (Å²) in [6.07, 6.45) is -0.0950. The second-order valence-corrected chi connectivity index (χ2v) is 10.1. The van der Waals surface area contributed by atoms with Crippen molar-refractivity contribution in [2.75, 3.05) is 13.2 Å². The van der Waals surface area contributed by atoms with Crippen molar-refractivity contribution < 1.29 is 23.5 Å². The molecule has 0 radical (unpaired) electrons. The summed E-state index contributed by atoms with van der Waals surface area (Å²) in [6, 6.07) is 23.1. The highest BCUT2D eigenvalue weighted by molar-refractivity contribution is 5.74. The lowest BCUT2D eigenvalue weighted by Gasteiger charge is -2.21. The molecule has 1 aliphatic carbocycles. The monoisotopic (exact) mass is 536 g/mol. The molecule has 9 heteroatoms. The minimum Gasteiger partial charge on any atom is -0.490 e. The van der Waals surface area contributed by atoms with Crippen molar-refractivity contribution in [1.82, 2.24) is 15.0 Å². The maximum atomic E-state index is 12.7. The Bertz CT molecular complexity index is 1580. The van der Waals surface area contributed by atoms with Gasteiger partial charge in [-0.1, -0.05) is 53.7 Å². The lowest BCUT2D eigenvalue weighted by atomic mass is 10.0. The third-order valence-corrected chi connectivity index (χ3v) is 7.08. The van der Waals surface area contributed by atoms with Crippen LogP contribution < -0.4 is 4.74 Å². The number of hydrogen-bond acceptors (Lipinski definition) is 8. The molecule has 1 aromatic heterocycles. The average molecular weight is 537 g/mol. The SMILES string of the molecule is CC(C)Oc1ccc(-c2nc(-c3cccc4c3CC3OC(=O)N(CCOCc5ccccc5)C43)no2)cc1C#N. The van der Waals surface area contributed by atoms with Crippen molar-refractivity contribution in [3.05, 3.63) is 89.0 Å². The molecule has 4 aromatic rings. The van der Waals surface area contributed by atoms with E-state index in [2.05, 4.69) is 16.2 Å². The van der Waals surface area contributed by atoms with Crippen LogP contribution in [0.4, 0.5) is 4.79 Å². The third-order valence-electron chi connectivity index (χ3n) is 7.08. The maximum absolute atomic E-state index is 12.7. The summed E-state index contributed by atoms with van der Waals surface area (Å²) >= 11 is 0. The fourth-order valence-corrected chi connectivity index (χ4v) is 5.33. The second-order valence-electron chi connectivity index (χ2n) is 10.1. The number of amides is 1. The summed E-state index contributed by atoms with van der Waals surface area (Å²) in [5, 5.41) is 13.8. The van der Waals surface area contributed by atoms with Gasteiger partial charge in [0.1, 0.15) is 17.9 Å².